The Morgan fingerprint density at radius 2 is 1.59 bits per heavy atom. The van der Waals surface area contributed by atoms with E-state index in [1.165, 1.54) is 14.2 Å². The van der Waals surface area contributed by atoms with Crippen LogP contribution in [-0.4, -0.2) is 32.6 Å². The van der Waals surface area contributed by atoms with Gasteiger partial charge in [0.15, 0.2) is 11.5 Å². The number of amides is 1. The zero-order valence-electron chi connectivity index (χ0n) is 19.3. The summed E-state index contributed by atoms with van der Waals surface area (Å²) in [7, 11) is 3.07. The summed E-state index contributed by atoms with van der Waals surface area (Å²) >= 11 is 0. The van der Waals surface area contributed by atoms with Crippen LogP contribution in [0.15, 0.2) is 66.7 Å². The molecule has 9 nitrogen and oxygen atoms in total. The van der Waals surface area contributed by atoms with Crippen LogP contribution in [0.1, 0.15) is 24.1 Å². The van der Waals surface area contributed by atoms with E-state index in [-0.39, 0.29) is 11.7 Å². The molecule has 0 heterocycles. The first-order valence-corrected chi connectivity index (χ1v) is 10.7. The third-order valence-electron chi connectivity index (χ3n) is 5.00. The van der Waals surface area contributed by atoms with E-state index < -0.39 is 6.04 Å². The molecule has 3 aromatic carbocycles. The number of amidine groups is 1. The van der Waals surface area contributed by atoms with Crippen molar-refractivity contribution >= 4 is 23.1 Å². The van der Waals surface area contributed by atoms with Crippen molar-refractivity contribution in [3.63, 3.8) is 0 Å². The van der Waals surface area contributed by atoms with Crippen molar-refractivity contribution in [3.8, 4) is 17.2 Å². The first-order chi connectivity index (χ1) is 16.5. The minimum Gasteiger partial charge on any atom is -0.493 e. The van der Waals surface area contributed by atoms with Gasteiger partial charge in [0.05, 0.1) is 26.5 Å². The van der Waals surface area contributed by atoms with Gasteiger partial charge in [-0.05, 0) is 49.4 Å². The molecule has 0 spiro atoms. The zero-order chi connectivity index (χ0) is 24.5. The van der Waals surface area contributed by atoms with Crippen molar-refractivity contribution in [1.82, 2.24) is 5.43 Å². The molecule has 9 heteroatoms. The van der Waals surface area contributed by atoms with Crippen molar-refractivity contribution in [2.45, 2.75) is 13.0 Å². The molecule has 0 radical (unpaired) electrons. The molecule has 1 amide bonds. The molecule has 0 aromatic heterocycles. The van der Waals surface area contributed by atoms with Crippen LogP contribution in [0.2, 0.25) is 0 Å². The number of carbonyl (C=O) groups excluding carboxylic acids is 1. The summed E-state index contributed by atoms with van der Waals surface area (Å²) in [6, 6.07) is 18.8. The fraction of sp³-hybridized carbons (Fsp3) is 0.200. The molecule has 0 bridgehead atoms. The molecule has 3 aromatic rings. The summed E-state index contributed by atoms with van der Waals surface area (Å²) in [6.07, 6.45) is 0. The smallest absolute Gasteiger partial charge is 0.265 e. The molecular formula is C25H29N5O4. The van der Waals surface area contributed by atoms with Crippen LogP contribution in [0.4, 0.5) is 11.4 Å². The number of ether oxygens (including phenoxy) is 3. The first-order valence-electron chi connectivity index (χ1n) is 10.7. The third kappa shape index (κ3) is 5.89. The second-order valence-corrected chi connectivity index (χ2v) is 7.23. The van der Waals surface area contributed by atoms with E-state index in [0.717, 1.165) is 5.69 Å². The molecule has 0 aliphatic rings. The predicted octanol–water partition coefficient (Wildman–Crippen LogP) is 3.68. The second-order valence-electron chi connectivity index (χ2n) is 7.23. The highest BCUT2D eigenvalue weighted by Crippen LogP contribution is 2.39. The monoisotopic (exact) mass is 463 g/mol. The van der Waals surface area contributed by atoms with E-state index in [0.29, 0.717) is 40.7 Å². The molecule has 0 aliphatic carbocycles. The Bertz CT molecular complexity index is 1120. The van der Waals surface area contributed by atoms with E-state index in [1.807, 2.05) is 37.3 Å². The van der Waals surface area contributed by atoms with E-state index >= 15 is 0 Å². The van der Waals surface area contributed by atoms with Crippen LogP contribution in [-0.2, 0) is 4.79 Å². The highest BCUT2D eigenvalue weighted by atomic mass is 16.5. The summed E-state index contributed by atoms with van der Waals surface area (Å²) in [5.74, 6) is 1.04. The average molecular weight is 464 g/mol. The van der Waals surface area contributed by atoms with Gasteiger partial charge in [-0.25, -0.2) is 0 Å². The largest absolute Gasteiger partial charge is 0.493 e. The zero-order valence-corrected chi connectivity index (χ0v) is 19.3. The van der Waals surface area contributed by atoms with Gasteiger partial charge < -0.3 is 25.3 Å². The number of hydrogen-bond acceptors (Lipinski definition) is 7. The molecule has 0 aliphatic heterocycles. The van der Waals surface area contributed by atoms with Crippen LogP contribution in [0.5, 0.6) is 17.2 Å². The fourth-order valence-corrected chi connectivity index (χ4v) is 3.31. The molecule has 1 atom stereocenters. The number of nitrogens with two attached hydrogens (primary N) is 1. The second kappa shape index (κ2) is 11.5. The summed E-state index contributed by atoms with van der Waals surface area (Å²) < 4.78 is 16.7. The average Bonchev–Trinajstić information content (AvgIpc) is 2.86. The molecule has 0 saturated heterocycles. The molecular weight excluding hydrogens is 434 g/mol. The Morgan fingerprint density at radius 3 is 2.18 bits per heavy atom. The highest BCUT2D eigenvalue weighted by molar-refractivity contribution is 5.95. The maximum absolute atomic E-state index is 13.4. The lowest BCUT2D eigenvalue weighted by atomic mass is 10.0. The van der Waals surface area contributed by atoms with Gasteiger partial charge in [-0.3, -0.25) is 21.1 Å². The molecule has 34 heavy (non-hydrogen) atoms. The van der Waals surface area contributed by atoms with Gasteiger partial charge in [0.2, 0.25) is 0 Å². The maximum atomic E-state index is 13.4. The summed E-state index contributed by atoms with van der Waals surface area (Å²) in [5.41, 5.74) is 13.8. The summed E-state index contributed by atoms with van der Waals surface area (Å²) in [4.78, 5) is 13.4. The quantitative estimate of drug-likeness (QED) is 0.167. The number of benzene rings is 3. The Labute approximate surface area is 198 Å². The van der Waals surface area contributed by atoms with Crippen LogP contribution < -0.4 is 36.1 Å². The molecule has 0 saturated carbocycles. The standard InChI is InChI=1S/C25H29N5O4/c1-4-34-20-15-22(33-3)21(32-2)14-19(20)23(25(31)30-29-18-8-6-5-7-9-18)28-17-12-10-16(11-13-17)24(26)27/h5-15,23,28-29H,4H2,1-3H3,(H3,26,27)(H,30,31). The van der Waals surface area contributed by atoms with Crippen LogP contribution >= 0.6 is 0 Å². The molecule has 6 N–H and O–H groups in total. The number of hydrogen-bond donors (Lipinski definition) is 5. The lowest BCUT2D eigenvalue weighted by Gasteiger charge is -2.24. The third-order valence-corrected chi connectivity index (χ3v) is 5.00. The van der Waals surface area contributed by atoms with E-state index in [2.05, 4.69) is 16.2 Å². The van der Waals surface area contributed by atoms with Crippen LogP contribution in [0, 0.1) is 5.41 Å². The van der Waals surface area contributed by atoms with Crippen molar-refractivity contribution in [3.05, 3.63) is 77.9 Å². The molecule has 3 rings (SSSR count). The number of carbonyl (C=O) groups is 1. The van der Waals surface area contributed by atoms with Gasteiger partial charge in [0, 0.05) is 22.9 Å². The molecule has 178 valence electrons. The van der Waals surface area contributed by atoms with Gasteiger partial charge in [-0.15, -0.1) is 0 Å². The Morgan fingerprint density at radius 1 is 0.941 bits per heavy atom. The number of nitrogen functional groups attached to an aromatic ring is 1. The van der Waals surface area contributed by atoms with Gasteiger partial charge in [-0.2, -0.15) is 0 Å². The van der Waals surface area contributed by atoms with E-state index in [4.69, 9.17) is 25.4 Å². The number of rotatable bonds is 11. The molecule has 1 unspecified atom stereocenters. The van der Waals surface area contributed by atoms with Crippen molar-refractivity contribution in [2.24, 2.45) is 5.73 Å². The van der Waals surface area contributed by atoms with Crippen LogP contribution in [0.3, 0.4) is 0 Å². The minimum atomic E-state index is -0.860. The SMILES string of the molecule is CCOc1cc(OC)c(OC)cc1C(Nc1ccc(C(=N)N)cc1)C(=O)NNc1ccccc1. The Hall–Kier alpha value is -4.40. The highest BCUT2D eigenvalue weighted by Gasteiger charge is 2.27. The van der Waals surface area contributed by atoms with Gasteiger partial charge in [0.1, 0.15) is 17.6 Å². The van der Waals surface area contributed by atoms with Crippen LogP contribution in [0.25, 0.3) is 0 Å². The first kappa shape index (κ1) is 24.2. The normalized spacial score (nSPS) is 11.1. The van der Waals surface area contributed by atoms with E-state index in [9.17, 15) is 4.79 Å². The number of nitrogens with one attached hydrogen (secondary N) is 4. The number of methoxy groups -OCH3 is 2. The van der Waals surface area contributed by atoms with Crippen molar-refractivity contribution < 1.29 is 19.0 Å². The lowest BCUT2D eigenvalue weighted by Crippen LogP contribution is -2.37. The topological polar surface area (TPSA) is 131 Å². The molecule has 0 fully saturated rings. The summed E-state index contributed by atoms with van der Waals surface area (Å²) in [5, 5.41) is 10.8. The van der Waals surface area contributed by atoms with Gasteiger partial charge >= 0.3 is 0 Å². The van der Waals surface area contributed by atoms with Crippen molar-refractivity contribution in [2.75, 3.05) is 31.6 Å². The number of anilines is 2. The van der Waals surface area contributed by atoms with E-state index in [1.54, 1.807) is 36.4 Å². The Balaban J connectivity index is 1.99. The lowest BCUT2D eigenvalue weighted by molar-refractivity contribution is -0.121. The number of hydrazine groups is 1. The maximum Gasteiger partial charge on any atom is 0.265 e. The van der Waals surface area contributed by atoms with Crippen molar-refractivity contribution in [1.29, 1.82) is 5.41 Å². The summed E-state index contributed by atoms with van der Waals surface area (Å²) in [6.45, 7) is 2.26. The number of para-hydroxylation sites is 1. The Kier molecular flexibility index (Phi) is 8.17. The fourth-order valence-electron chi connectivity index (χ4n) is 3.31. The predicted molar refractivity (Wildman–Crippen MR) is 133 cm³/mol. The minimum absolute atomic E-state index is 0.0357. The van der Waals surface area contributed by atoms with Gasteiger partial charge in [-0.1, -0.05) is 18.2 Å². The van der Waals surface area contributed by atoms with Gasteiger partial charge in [0.25, 0.3) is 5.91 Å².